The van der Waals surface area contributed by atoms with E-state index in [1.165, 1.54) is 0 Å². The predicted molar refractivity (Wildman–Crippen MR) is 77.2 cm³/mol. The first-order chi connectivity index (χ1) is 8.11. The molecule has 96 valence electrons. The monoisotopic (exact) mass is 273 g/mol. The van der Waals surface area contributed by atoms with E-state index in [1.54, 1.807) is 0 Å². The van der Waals surface area contributed by atoms with Gasteiger partial charge in [-0.2, -0.15) is 0 Å². The third-order valence-electron chi connectivity index (χ3n) is 3.32. The lowest BCUT2D eigenvalue weighted by Crippen LogP contribution is -2.25. The molecule has 0 spiro atoms. The van der Waals surface area contributed by atoms with Gasteiger partial charge in [0.25, 0.3) is 0 Å². The van der Waals surface area contributed by atoms with Crippen molar-refractivity contribution in [1.82, 2.24) is 5.32 Å². The van der Waals surface area contributed by atoms with E-state index in [2.05, 4.69) is 26.1 Å². The molecule has 0 saturated carbocycles. The highest BCUT2D eigenvalue weighted by atomic mass is 35.5. The largest absolute Gasteiger partial charge is 0.316 e. The van der Waals surface area contributed by atoms with Gasteiger partial charge in [0.05, 0.1) is 0 Å². The molecule has 0 fully saturated rings. The Hall–Kier alpha value is -0.240. The first kappa shape index (κ1) is 14.8. The Balaban J connectivity index is 3.03. The van der Waals surface area contributed by atoms with Gasteiger partial charge >= 0.3 is 0 Å². The van der Waals surface area contributed by atoms with E-state index >= 15 is 0 Å². The summed E-state index contributed by atoms with van der Waals surface area (Å²) in [5.74, 6) is 0.938. The summed E-state index contributed by atoms with van der Waals surface area (Å²) in [5.41, 5.74) is 1.09. The van der Waals surface area contributed by atoms with Crippen molar-refractivity contribution in [3.05, 3.63) is 33.8 Å². The molecule has 1 rings (SSSR count). The first-order valence-electron chi connectivity index (χ1n) is 6.26. The number of rotatable bonds is 6. The van der Waals surface area contributed by atoms with Gasteiger partial charge in [-0.25, -0.2) is 0 Å². The van der Waals surface area contributed by atoms with E-state index in [-0.39, 0.29) is 0 Å². The second-order valence-electron chi connectivity index (χ2n) is 4.44. The van der Waals surface area contributed by atoms with Crippen LogP contribution in [0.1, 0.15) is 38.7 Å². The first-order valence-corrected chi connectivity index (χ1v) is 7.02. The Morgan fingerprint density at radius 3 is 2.24 bits per heavy atom. The third-order valence-corrected chi connectivity index (χ3v) is 3.97. The molecule has 0 aromatic heterocycles. The van der Waals surface area contributed by atoms with E-state index in [9.17, 15) is 0 Å². The van der Waals surface area contributed by atoms with E-state index in [4.69, 9.17) is 23.2 Å². The van der Waals surface area contributed by atoms with Crippen LogP contribution in [0.3, 0.4) is 0 Å². The van der Waals surface area contributed by atoms with Gasteiger partial charge in [0.15, 0.2) is 0 Å². The average Bonchev–Trinajstić information content (AvgIpc) is 2.32. The van der Waals surface area contributed by atoms with Crippen LogP contribution in [0.2, 0.25) is 10.0 Å². The second kappa shape index (κ2) is 7.25. The van der Waals surface area contributed by atoms with Crippen LogP contribution in [0, 0.1) is 5.92 Å². The summed E-state index contributed by atoms with van der Waals surface area (Å²) < 4.78 is 0. The van der Waals surface area contributed by atoms with Crippen molar-refractivity contribution < 1.29 is 0 Å². The van der Waals surface area contributed by atoms with Crippen LogP contribution in [-0.4, -0.2) is 13.1 Å². The van der Waals surface area contributed by atoms with Gasteiger partial charge < -0.3 is 5.32 Å². The van der Waals surface area contributed by atoms with Crippen LogP contribution in [-0.2, 0) is 0 Å². The molecule has 0 amide bonds. The molecule has 2 atom stereocenters. The number of nitrogens with one attached hydrogen (secondary N) is 1. The summed E-state index contributed by atoms with van der Waals surface area (Å²) >= 11 is 12.6. The van der Waals surface area contributed by atoms with Crippen molar-refractivity contribution in [1.29, 1.82) is 0 Å². The molecular weight excluding hydrogens is 253 g/mol. The third kappa shape index (κ3) is 3.87. The average molecular weight is 274 g/mol. The van der Waals surface area contributed by atoms with Gasteiger partial charge in [-0.1, -0.05) is 56.5 Å². The van der Waals surface area contributed by atoms with Crippen LogP contribution in [0.25, 0.3) is 0 Å². The highest BCUT2D eigenvalue weighted by molar-refractivity contribution is 6.36. The van der Waals surface area contributed by atoms with Crippen LogP contribution < -0.4 is 5.32 Å². The molecule has 0 aliphatic rings. The number of likely N-dealkylation sites (N-methyl/N-ethyl adjacent to an activating group) is 1. The van der Waals surface area contributed by atoms with Crippen molar-refractivity contribution in [2.24, 2.45) is 5.92 Å². The van der Waals surface area contributed by atoms with E-state index in [0.29, 0.717) is 11.8 Å². The molecule has 0 aliphatic heterocycles. The molecule has 0 saturated heterocycles. The SMILES string of the molecule is CCNCC(c1c(Cl)cccc1Cl)C(C)CC. The van der Waals surface area contributed by atoms with Crippen LogP contribution in [0.4, 0.5) is 0 Å². The maximum absolute atomic E-state index is 6.29. The van der Waals surface area contributed by atoms with Crippen molar-refractivity contribution >= 4 is 23.2 Å². The summed E-state index contributed by atoms with van der Waals surface area (Å²) in [5, 5.41) is 4.96. The molecule has 0 aliphatic carbocycles. The van der Waals surface area contributed by atoms with Crippen molar-refractivity contribution in [3.63, 3.8) is 0 Å². The Kier molecular flexibility index (Phi) is 6.32. The van der Waals surface area contributed by atoms with Crippen LogP contribution in [0.15, 0.2) is 18.2 Å². The molecule has 1 nitrogen and oxygen atoms in total. The highest BCUT2D eigenvalue weighted by Gasteiger charge is 2.22. The van der Waals surface area contributed by atoms with E-state index in [1.807, 2.05) is 18.2 Å². The molecule has 3 heteroatoms. The standard InChI is InChI=1S/C14H21Cl2N/c1-4-10(3)11(9-17-5-2)14-12(15)7-6-8-13(14)16/h6-8,10-11,17H,4-5,9H2,1-3H3. The zero-order valence-electron chi connectivity index (χ0n) is 10.8. The number of hydrogen-bond acceptors (Lipinski definition) is 1. The summed E-state index contributed by atoms with van der Waals surface area (Å²) in [4.78, 5) is 0. The summed E-state index contributed by atoms with van der Waals surface area (Å²) in [6.07, 6.45) is 1.12. The zero-order valence-corrected chi connectivity index (χ0v) is 12.3. The van der Waals surface area contributed by atoms with Gasteiger partial charge in [-0.15, -0.1) is 0 Å². The second-order valence-corrected chi connectivity index (χ2v) is 5.25. The van der Waals surface area contributed by atoms with Gasteiger partial charge in [0.1, 0.15) is 0 Å². The molecule has 17 heavy (non-hydrogen) atoms. The van der Waals surface area contributed by atoms with Crippen molar-refractivity contribution in [2.45, 2.75) is 33.1 Å². The minimum absolute atomic E-state index is 0.376. The zero-order chi connectivity index (χ0) is 12.8. The highest BCUT2D eigenvalue weighted by Crippen LogP contribution is 2.36. The summed E-state index contributed by atoms with van der Waals surface area (Å²) in [6, 6.07) is 5.74. The normalized spacial score (nSPS) is 14.6. The maximum atomic E-state index is 6.29. The number of hydrogen-bond donors (Lipinski definition) is 1. The van der Waals surface area contributed by atoms with Crippen LogP contribution >= 0.6 is 23.2 Å². The Morgan fingerprint density at radius 2 is 1.76 bits per heavy atom. The Morgan fingerprint density at radius 1 is 1.18 bits per heavy atom. The lowest BCUT2D eigenvalue weighted by molar-refractivity contribution is 0.424. The van der Waals surface area contributed by atoms with Crippen LogP contribution in [0.5, 0.6) is 0 Å². The topological polar surface area (TPSA) is 12.0 Å². The Bertz CT molecular complexity index is 332. The molecule has 0 radical (unpaired) electrons. The maximum Gasteiger partial charge on any atom is 0.0456 e. The van der Waals surface area contributed by atoms with E-state index < -0.39 is 0 Å². The minimum atomic E-state index is 0.376. The summed E-state index contributed by atoms with van der Waals surface area (Å²) in [6.45, 7) is 8.46. The smallest absolute Gasteiger partial charge is 0.0456 e. The lowest BCUT2D eigenvalue weighted by atomic mass is 9.85. The molecular formula is C14H21Cl2N. The van der Waals surface area contributed by atoms with Gasteiger partial charge in [-0.05, 0) is 30.2 Å². The molecule has 1 aromatic carbocycles. The van der Waals surface area contributed by atoms with E-state index in [0.717, 1.165) is 35.1 Å². The number of benzene rings is 1. The molecule has 1 N–H and O–H groups in total. The Labute approximate surface area is 115 Å². The number of halogens is 2. The van der Waals surface area contributed by atoms with Gasteiger partial charge in [0.2, 0.25) is 0 Å². The minimum Gasteiger partial charge on any atom is -0.316 e. The fraction of sp³-hybridized carbons (Fsp3) is 0.571. The molecule has 2 unspecified atom stereocenters. The quantitative estimate of drug-likeness (QED) is 0.790. The predicted octanol–water partition coefficient (Wildman–Crippen LogP) is 4.73. The van der Waals surface area contributed by atoms with Gasteiger partial charge in [0, 0.05) is 22.5 Å². The molecule has 0 bridgehead atoms. The van der Waals surface area contributed by atoms with Crippen molar-refractivity contribution in [2.75, 3.05) is 13.1 Å². The summed E-state index contributed by atoms with van der Waals surface area (Å²) in [7, 11) is 0. The van der Waals surface area contributed by atoms with Crippen molar-refractivity contribution in [3.8, 4) is 0 Å². The van der Waals surface area contributed by atoms with Gasteiger partial charge in [-0.3, -0.25) is 0 Å². The fourth-order valence-corrected chi connectivity index (χ4v) is 2.71. The molecule has 0 heterocycles. The lowest BCUT2D eigenvalue weighted by Gasteiger charge is -2.25. The fourth-order valence-electron chi connectivity index (χ4n) is 2.04. The molecule has 1 aromatic rings.